The molecule has 1 heterocycles. The maximum absolute atomic E-state index is 12.5. The van der Waals surface area contributed by atoms with E-state index in [1.807, 2.05) is 69.9 Å². The van der Waals surface area contributed by atoms with Gasteiger partial charge < -0.3 is 15.1 Å². The van der Waals surface area contributed by atoms with Crippen LogP contribution in [0, 0.1) is 0 Å². The smallest absolute Gasteiger partial charge is 0.318 e. The van der Waals surface area contributed by atoms with E-state index in [0.29, 0.717) is 19.5 Å². The molecule has 1 aliphatic heterocycles. The van der Waals surface area contributed by atoms with Gasteiger partial charge in [-0.05, 0) is 40.2 Å². The molecule has 1 aromatic carbocycles. The molecule has 5 nitrogen and oxygen atoms in total. The predicted molar refractivity (Wildman–Crippen MR) is 95.6 cm³/mol. The molecule has 24 heavy (non-hydrogen) atoms. The molecule has 1 aromatic rings. The first kappa shape index (κ1) is 18.3. The van der Waals surface area contributed by atoms with Crippen molar-refractivity contribution in [1.29, 1.82) is 0 Å². The summed E-state index contributed by atoms with van der Waals surface area (Å²) in [6.07, 6.45) is 0.366. The molecule has 1 fully saturated rings. The summed E-state index contributed by atoms with van der Waals surface area (Å²) in [6, 6.07) is 9.78. The van der Waals surface area contributed by atoms with E-state index in [4.69, 9.17) is 0 Å². The number of benzene rings is 1. The third-order valence-electron chi connectivity index (χ3n) is 4.61. The molecule has 1 saturated heterocycles. The van der Waals surface area contributed by atoms with E-state index in [1.165, 1.54) is 0 Å². The first-order chi connectivity index (χ1) is 11.2. The van der Waals surface area contributed by atoms with Crippen molar-refractivity contribution in [3.63, 3.8) is 0 Å². The highest BCUT2D eigenvalue weighted by Crippen LogP contribution is 2.25. The molecule has 2 atom stereocenters. The fraction of sp³-hybridized carbons (Fsp3) is 0.579. The highest BCUT2D eigenvalue weighted by atomic mass is 16.2. The maximum atomic E-state index is 12.5. The number of carbonyl (C=O) groups is 2. The second-order valence-corrected chi connectivity index (χ2v) is 7.40. The van der Waals surface area contributed by atoms with Gasteiger partial charge in [-0.15, -0.1) is 0 Å². The van der Waals surface area contributed by atoms with Crippen molar-refractivity contribution in [1.82, 2.24) is 15.1 Å². The van der Waals surface area contributed by atoms with Crippen LogP contribution in [-0.2, 0) is 4.79 Å². The highest BCUT2D eigenvalue weighted by Gasteiger charge is 2.35. The lowest BCUT2D eigenvalue weighted by atomic mass is 10.1. The van der Waals surface area contributed by atoms with Gasteiger partial charge in [-0.3, -0.25) is 4.79 Å². The van der Waals surface area contributed by atoms with Gasteiger partial charge in [0.05, 0.1) is 12.1 Å². The Hall–Kier alpha value is -2.04. The summed E-state index contributed by atoms with van der Waals surface area (Å²) in [7, 11) is 0. The Morgan fingerprint density at radius 3 is 2.50 bits per heavy atom. The quantitative estimate of drug-likeness (QED) is 0.921. The van der Waals surface area contributed by atoms with Crippen LogP contribution in [0.1, 0.15) is 52.6 Å². The van der Waals surface area contributed by atoms with Crippen LogP contribution in [0.15, 0.2) is 30.3 Å². The third kappa shape index (κ3) is 4.08. The Balaban J connectivity index is 2.01. The van der Waals surface area contributed by atoms with E-state index >= 15 is 0 Å². The van der Waals surface area contributed by atoms with Gasteiger partial charge in [-0.1, -0.05) is 30.3 Å². The zero-order valence-corrected chi connectivity index (χ0v) is 15.4. The fourth-order valence-electron chi connectivity index (χ4n) is 3.29. The normalized spacial score (nSPS) is 19.3. The number of hydrogen-bond donors (Lipinski definition) is 1. The van der Waals surface area contributed by atoms with Crippen LogP contribution in [0.25, 0.3) is 0 Å². The molecular formula is C19H29N3O2. The molecule has 0 spiro atoms. The molecule has 0 aromatic heterocycles. The van der Waals surface area contributed by atoms with Crippen molar-refractivity contribution in [2.45, 2.75) is 58.7 Å². The van der Waals surface area contributed by atoms with Crippen LogP contribution in [0.2, 0.25) is 0 Å². The number of nitrogens with zero attached hydrogens (tertiary/aromatic N) is 2. The molecule has 0 bridgehead atoms. The van der Waals surface area contributed by atoms with E-state index in [-0.39, 0.29) is 29.6 Å². The number of amides is 3. The number of rotatable bonds is 4. The lowest BCUT2D eigenvalue weighted by molar-refractivity contribution is -0.129. The number of likely N-dealkylation sites (tertiary alicyclic amines) is 1. The van der Waals surface area contributed by atoms with Gasteiger partial charge in [0, 0.05) is 25.0 Å². The number of urea groups is 1. The van der Waals surface area contributed by atoms with Crippen molar-refractivity contribution in [3.8, 4) is 0 Å². The second-order valence-electron chi connectivity index (χ2n) is 7.40. The summed E-state index contributed by atoms with van der Waals surface area (Å²) in [5.41, 5.74) is 0.876. The molecule has 0 radical (unpaired) electrons. The first-order valence-corrected chi connectivity index (χ1v) is 8.66. The lowest BCUT2D eigenvalue weighted by Gasteiger charge is -2.35. The highest BCUT2D eigenvalue weighted by molar-refractivity contribution is 5.82. The average molecular weight is 331 g/mol. The first-order valence-electron chi connectivity index (χ1n) is 8.66. The topological polar surface area (TPSA) is 52.7 Å². The zero-order chi connectivity index (χ0) is 17.9. The summed E-state index contributed by atoms with van der Waals surface area (Å²) in [6.45, 7) is 11.2. The molecule has 3 amide bonds. The molecule has 0 saturated carbocycles. The Bertz CT molecular complexity index is 580. The van der Waals surface area contributed by atoms with E-state index < -0.39 is 0 Å². The summed E-state index contributed by atoms with van der Waals surface area (Å²) >= 11 is 0. The molecule has 1 N–H and O–H groups in total. The molecule has 2 unspecified atom stereocenters. The second kappa shape index (κ2) is 7.24. The van der Waals surface area contributed by atoms with E-state index in [1.54, 1.807) is 4.90 Å². The van der Waals surface area contributed by atoms with Gasteiger partial charge in [0.25, 0.3) is 0 Å². The summed E-state index contributed by atoms with van der Waals surface area (Å²) in [5, 5.41) is 3.03. The van der Waals surface area contributed by atoms with Gasteiger partial charge in [-0.2, -0.15) is 0 Å². The Labute approximate surface area is 145 Å². The van der Waals surface area contributed by atoms with Gasteiger partial charge in [0.2, 0.25) is 5.91 Å². The predicted octanol–water partition coefficient (Wildman–Crippen LogP) is 3.18. The largest absolute Gasteiger partial charge is 0.334 e. The lowest BCUT2D eigenvalue weighted by Crippen LogP contribution is -2.53. The van der Waals surface area contributed by atoms with E-state index in [0.717, 1.165) is 5.56 Å². The van der Waals surface area contributed by atoms with E-state index in [2.05, 4.69) is 5.32 Å². The van der Waals surface area contributed by atoms with Crippen LogP contribution in [0.5, 0.6) is 0 Å². The average Bonchev–Trinajstić information content (AvgIpc) is 2.87. The van der Waals surface area contributed by atoms with Gasteiger partial charge in [0.1, 0.15) is 0 Å². The molecule has 0 aliphatic carbocycles. The third-order valence-corrected chi connectivity index (χ3v) is 4.61. The molecule has 5 heteroatoms. The van der Waals surface area contributed by atoms with Crippen molar-refractivity contribution in [2.75, 3.05) is 13.1 Å². The zero-order valence-electron chi connectivity index (χ0n) is 15.4. The van der Waals surface area contributed by atoms with Gasteiger partial charge >= 0.3 is 6.03 Å². The monoisotopic (exact) mass is 331 g/mol. The number of carbonyl (C=O) groups excluding carboxylic acids is 2. The van der Waals surface area contributed by atoms with Gasteiger partial charge in [-0.25, -0.2) is 4.79 Å². The fourth-order valence-corrected chi connectivity index (χ4v) is 3.29. The van der Waals surface area contributed by atoms with Crippen LogP contribution in [-0.4, -0.2) is 46.4 Å². The van der Waals surface area contributed by atoms with Crippen molar-refractivity contribution >= 4 is 11.9 Å². The maximum Gasteiger partial charge on any atom is 0.318 e. The van der Waals surface area contributed by atoms with Crippen LogP contribution in [0.3, 0.4) is 0 Å². The molecule has 132 valence electrons. The minimum atomic E-state index is -0.238. The molecular weight excluding hydrogens is 302 g/mol. The Morgan fingerprint density at radius 1 is 1.33 bits per heavy atom. The van der Waals surface area contributed by atoms with Crippen LogP contribution in [0.4, 0.5) is 4.79 Å². The SMILES string of the molecule is CCN(C(=O)NC1CC(=O)N(C(C)c2ccccc2)C1)C(C)(C)C. The van der Waals surface area contributed by atoms with Crippen molar-refractivity contribution < 1.29 is 9.59 Å². The summed E-state index contributed by atoms with van der Waals surface area (Å²) < 4.78 is 0. The summed E-state index contributed by atoms with van der Waals surface area (Å²) in [5.74, 6) is 0.0930. The standard InChI is InChI=1S/C19H29N3O2/c1-6-22(19(3,4)5)18(24)20-16-12-17(23)21(13-16)14(2)15-10-8-7-9-11-15/h7-11,14,16H,6,12-13H2,1-5H3,(H,20,24). The summed E-state index contributed by atoms with van der Waals surface area (Å²) in [4.78, 5) is 28.5. The molecule has 1 aliphatic rings. The van der Waals surface area contributed by atoms with Crippen LogP contribution < -0.4 is 5.32 Å². The Kier molecular flexibility index (Phi) is 5.52. The Morgan fingerprint density at radius 2 is 1.96 bits per heavy atom. The number of nitrogens with one attached hydrogen (secondary N) is 1. The van der Waals surface area contributed by atoms with Crippen molar-refractivity contribution in [3.05, 3.63) is 35.9 Å². The molecule has 2 rings (SSSR count). The van der Waals surface area contributed by atoms with Gasteiger partial charge in [0.15, 0.2) is 0 Å². The van der Waals surface area contributed by atoms with Crippen LogP contribution >= 0.6 is 0 Å². The van der Waals surface area contributed by atoms with E-state index in [9.17, 15) is 9.59 Å². The minimum absolute atomic E-state index is 0.0190. The number of hydrogen-bond acceptors (Lipinski definition) is 2. The van der Waals surface area contributed by atoms with Crippen molar-refractivity contribution in [2.24, 2.45) is 0 Å². The minimum Gasteiger partial charge on any atom is -0.334 e.